The van der Waals surface area contributed by atoms with Crippen LogP contribution in [0.5, 0.6) is 0 Å². The summed E-state index contributed by atoms with van der Waals surface area (Å²) in [7, 11) is 2.01. The van der Waals surface area contributed by atoms with Crippen LogP contribution >= 0.6 is 0 Å². The van der Waals surface area contributed by atoms with Crippen LogP contribution in [-0.4, -0.2) is 34.3 Å². The normalized spacial score (nSPS) is 21.7. The van der Waals surface area contributed by atoms with Crippen LogP contribution < -0.4 is 5.73 Å². The molecule has 1 aromatic heterocycles. The second-order valence-corrected chi connectivity index (χ2v) is 6.55. The van der Waals surface area contributed by atoms with E-state index in [4.69, 9.17) is 5.73 Å². The molecule has 1 aliphatic heterocycles. The van der Waals surface area contributed by atoms with Gasteiger partial charge in [0.25, 0.3) is 0 Å². The lowest BCUT2D eigenvalue weighted by Gasteiger charge is -2.20. The van der Waals surface area contributed by atoms with Crippen molar-refractivity contribution in [3.8, 4) is 0 Å². The van der Waals surface area contributed by atoms with Gasteiger partial charge in [0.05, 0.1) is 5.69 Å². The van der Waals surface area contributed by atoms with Crippen molar-refractivity contribution < 1.29 is 0 Å². The quantitative estimate of drug-likeness (QED) is 0.884. The number of rotatable bonds is 3. The maximum absolute atomic E-state index is 5.75. The second-order valence-electron chi connectivity index (χ2n) is 6.55. The summed E-state index contributed by atoms with van der Waals surface area (Å²) in [6.45, 7) is 10.8. The van der Waals surface area contributed by atoms with E-state index in [1.165, 1.54) is 24.2 Å². The summed E-state index contributed by atoms with van der Waals surface area (Å²) in [5.74, 6) is 0.680. The number of nitrogens with two attached hydrogens (primary N) is 1. The van der Waals surface area contributed by atoms with Gasteiger partial charge in [0.15, 0.2) is 0 Å². The molecule has 1 aliphatic rings. The molecule has 4 heteroatoms. The van der Waals surface area contributed by atoms with Crippen molar-refractivity contribution >= 4 is 0 Å². The van der Waals surface area contributed by atoms with Gasteiger partial charge < -0.3 is 5.73 Å². The van der Waals surface area contributed by atoms with E-state index in [1.54, 1.807) is 0 Å². The van der Waals surface area contributed by atoms with E-state index in [2.05, 4.69) is 37.0 Å². The molecule has 0 spiro atoms. The van der Waals surface area contributed by atoms with E-state index in [0.29, 0.717) is 5.92 Å². The molecule has 2 heterocycles. The summed E-state index contributed by atoms with van der Waals surface area (Å²) >= 11 is 0. The van der Waals surface area contributed by atoms with Crippen molar-refractivity contribution in [1.29, 1.82) is 0 Å². The highest BCUT2D eigenvalue weighted by molar-refractivity contribution is 5.24. The Kier molecular flexibility index (Phi) is 3.78. The summed E-state index contributed by atoms with van der Waals surface area (Å²) in [5.41, 5.74) is 8.45. The van der Waals surface area contributed by atoms with Crippen molar-refractivity contribution in [3.05, 3.63) is 17.5 Å². The Morgan fingerprint density at radius 2 is 2.17 bits per heavy atom. The molecule has 1 saturated heterocycles. The summed E-state index contributed by atoms with van der Waals surface area (Å²) in [4.78, 5) is 2.50. The standard InChI is InChI=1S/C14H26N4/c1-14(2,3)13-12(9-17(4)16-13)10-18-6-5-11(7-15)8-18/h9,11H,5-8,10,15H2,1-4H3. The highest BCUT2D eigenvalue weighted by Crippen LogP contribution is 2.26. The minimum absolute atomic E-state index is 0.115. The fourth-order valence-electron chi connectivity index (χ4n) is 2.77. The van der Waals surface area contributed by atoms with E-state index < -0.39 is 0 Å². The maximum atomic E-state index is 5.75. The van der Waals surface area contributed by atoms with E-state index >= 15 is 0 Å². The van der Waals surface area contributed by atoms with E-state index in [-0.39, 0.29) is 5.41 Å². The Morgan fingerprint density at radius 1 is 1.44 bits per heavy atom. The zero-order chi connectivity index (χ0) is 13.3. The fourth-order valence-corrected chi connectivity index (χ4v) is 2.77. The van der Waals surface area contributed by atoms with Gasteiger partial charge in [-0.05, 0) is 25.4 Å². The fraction of sp³-hybridized carbons (Fsp3) is 0.786. The van der Waals surface area contributed by atoms with E-state index in [0.717, 1.165) is 19.6 Å². The molecule has 2 N–H and O–H groups in total. The SMILES string of the molecule is Cn1cc(CN2CCC(CN)C2)c(C(C)(C)C)n1. The number of aromatic nitrogens is 2. The topological polar surface area (TPSA) is 47.1 Å². The van der Waals surface area contributed by atoms with Crippen LogP contribution in [0.3, 0.4) is 0 Å². The van der Waals surface area contributed by atoms with E-state index in [1.807, 2.05) is 11.7 Å². The van der Waals surface area contributed by atoms with Gasteiger partial charge in [-0.15, -0.1) is 0 Å². The molecule has 0 aliphatic carbocycles. The van der Waals surface area contributed by atoms with Crippen molar-refractivity contribution in [2.75, 3.05) is 19.6 Å². The average Bonchev–Trinajstić information content (AvgIpc) is 2.85. The van der Waals surface area contributed by atoms with Gasteiger partial charge in [-0.25, -0.2) is 0 Å². The third-order valence-electron chi connectivity index (χ3n) is 3.71. The first-order chi connectivity index (χ1) is 8.40. The van der Waals surface area contributed by atoms with Gasteiger partial charge in [-0.3, -0.25) is 9.58 Å². The minimum atomic E-state index is 0.115. The van der Waals surface area contributed by atoms with Crippen molar-refractivity contribution in [3.63, 3.8) is 0 Å². The summed E-state index contributed by atoms with van der Waals surface area (Å²) in [5, 5.41) is 4.63. The Balaban J connectivity index is 2.10. The molecule has 0 amide bonds. The molecular weight excluding hydrogens is 224 g/mol. The Labute approximate surface area is 110 Å². The number of hydrogen-bond acceptors (Lipinski definition) is 3. The summed E-state index contributed by atoms with van der Waals surface area (Å²) < 4.78 is 1.94. The molecule has 102 valence electrons. The zero-order valence-electron chi connectivity index (χ0n) is 12.1. The summed E-state index contributed by atoms with van der Waals surface area (Å²) in [6.07, 6.45) is 3.40. The lowest BCUT2D eigenvalue weighted by atomic mass is 9.89. The van der Waals surface area contributed by atoms with Crippen LogP contribution in [0, 0.1) is 5.92 Å². The first kappa shape index (κ1) is 13.6. The minimum Gasteiger partial charge on any atom is -0.330 e. The largest absolute Gasteiger partial charge is 0.330 e. The molecule has 1 aromatic rings. The molecule has 0 aromatic carbocycles. The van der Waals surface area contributed by atoms with Gasteiger partial charge in [-0.1, -0.05) is 20.8 Å². The molecule has 2 rings (SSSR count). The zero-order valence-corrected chi connectivity index (χ0v) is 12.1. The van der Waals surface area contributed by atoms with Crippen LogP contribution in [-0.2, 0) is 19.0 Å². The van der Waals surface area contributed by atoms with Gasteiger partial charge in [0.1, 0.15) is 0 Å². The Bertz CT molecular complexity index is 402. The molecule has 0 radical (unpaired) electrons. The molecule has 1 fully saturated rings. The van der Waals surface area contributed by atoms with Crippen LogP contribution in [0.25, 0.3) is 0 Å². The second kappa shape index (κ2) is 5.02. The predicted molar refractivity (Wildman–Crippen MR) is 74.3 cm³/mol. The summed E-state index contributed by atoms with van der Waals surface area (Å²) in [6, 6.07) is 0. The smallest absolute Gasteiger partial charge is 0.0722 e. The third kappa shape index (κ3) is 2.93. The van der Waals surface area contributed by atoms with Gasteiger partial charge in [-0.2, -0.15) is 5.10 Å². The van der Waals surface area contributed by atoms with Crippen LogP contribution in [0.15, 0.2) is 6.20 Å². The van der Waals surface area contributed by atoms with Crippen LogP contribution in [0.2, 0.25) is 0 Å². The lowest BCUT2D eigenvalue weighted by Crippen LogP contribution is -2.24. The van der Waals surface area contributed by atoms with Crippen LogP contribution in [0.1, 0.15) is 38.4 Å². The lowest BCUT2D eigenvalue weighted by molar-refractivity contribution is 0.315. The third-order valence-corrected chi connectivity index (χ3v) is 3.71. The molecule has 18 heavy (non-hydrogen) atoms. The number of hydrogen-bond donors (Lipinski definition) is 1. The first-order valence-corrected chi connectivity index (χ1v) is 6.85. The molecule has 1 atom stereocenters. The maximum Gasteiger partial charge on any atom is 0.0722 e. The number of nitrogens with zero attached hydrogens (tertiary/aromatic N) is 3. The highest BCUT2D eigenvalue weighted by atomic mass is 15.3. The molecule has 0 bridgehead atoms. The van der Waals surface area contributed by atoms with Crippen LogP contribution in [0.4, 0.5) is 0 Å². The molecular formula is C14H26N4. The van der Waals surface area contributed by atoms with Crippen molar-refractivity contribution in [1.82, 2.24) is 14.7 Å². The predicted octanol–water partition coefficient (Wildman–Crippen LogP) is 1.50. The van der Waals surface area contributed by atoms with Gasteiger partial charge in [0.2, 0.25) is 0 Å². The van der Waals surface area contributed by atoms with Gasteiger partial charge in [0, 0.05) is 37.3 Å². The van der Waals surface area contributed by atoms with Crippen molar-refractivity contribution in [2.45, 2.75) is 39.2 Å². The molecule has 1 unspecified atom stereocenters. The highest BCUT2D eigenvalue weighted by Gasteiger charge is 2.26. The number of likely N-dealkylation sites (tertiary alicyclic amines) is 1. The first-order valence-electron chi connectivity index (χ1n) is 6.85. The number of aryl methyl sites for hydroxylation is 1. The Hall–Kier alpha value is -0.870. The monoisotopic (exact) mass is 250 g/mol. The van der Waals surface area contributed by atoms with Gasteiger partial charge >= 0.3 is 0 Å². The van der Waals surface area contributed by atoms with Crippen molar-refractivity contribution in [2.24, 2.45) is 18.7 Å². The molecule has 0 saturated carbocycles. The Morgan fingerprint density at radius 3 is 2.72 bits per heavy atom. The average molecular weight is 250 g/mol. The molecule has 4 nitrogen and oxygen atoms in total. The van der Waals surface area contributed by atoms with E-state index in [9.17, 15) is 0 Å².